The Morgan fingerprint density at radius 1 is 1.16 bits per heavy atom. The number of hydrogen-bond donors (Lipinski definition) is 1. The molecule has 6 nitrogen and oxygen atoms in total. The van der Waals surface area contributed by atoms with Crippen LogP contribution in [0.4, 0.5) is 10.1 Å². The molecule has 2 rings (SSSR count). The molecule has 0 atom stereocenters. The van der Waals surface area contributed by atoms with Gasteiger partial charge < -0.3 is 19.5 Å². The first-order valence-corrected chi connectivity index (χ1v) is 7.47. The van der Waals surface area contributed by atoms with Crippen molar-refractivity contribution in [3.63, 3.8) is 0 Å². The number of methoxy groups -OCH3 is 2. The minimum Gasteiger partial charge on any atom is -0.493 e. The number of hydrogen-bond acceptors (Lipinski definition) is 5. The summed E-state index contributed by atoms with van der Waals surface area (Å²) < 4.78 is 28.2. The smallest absolute Gasteiger partial charge is 0.342 e. The number of benzene rings is 2. The van der Waals surface area contributed by atoms with Crippen LogP contribution in [-0.2, 0) is 9.53 Å². The van der Waals surface area contributed by atoms with Gasteiger partial charge in [-0.25, -0.2) is 9.18 Å². The number of carbonyl (C=O) groups excluding carboxylic acids is 2. The molecule has 0 aliphatic rings. The third kappa shape index (κ3) is 4.60. The number of rotatable bonds is 6. The third-order valence-electron chi connectivity index (χ3n) is 3.16. The van der Waals surface area contributed by atoms with Gasteiger partial charge in [-0.15, -0.1) is 0 Å². The number of amides is 1. The Kier molecular flexibility index (Phi) is 6.19. The summed E-state index contributed by atoms with van der Waals surface area (Å²) in [6.07, 6.45) is 0. The van der Waals surface area contributed by atoms with Crippen molar-refractivity contribution in [3.8, 4) is 11.5 Å². The minimum atomic E-state index is -0.754. The van der Waals surface area contributed by atoms with E-state index in [4.69, 9.17) is 25.8 Å². The highest BCUT2D eigenvalue weighted by atomic mass is 35.5. The molecule has 1 N–H and O–H groups in total. The molecule has 1 amide bonds. The van der Waals surface area contributed by atoms with Gasteiger partial charge in [-0.1, -0.05) is 17.7 Å². The lowest BCUT2D eigenvalue weighted by molar-refractivity contribution is -0.119. The van der Waals surface area contributed by atoms with E-state index in [-0.39, 0.29) is 22.0 Å². The zero-order valence-electron chi connectivity index (χ0n) is 13.5. The molecular weight excluding hydrogens is 353 g/mol. The Bertz CT molecular complexity index is 797. The van der Waals surface area contributed by atoms with Gasteiger partial charge in [0.05, 0.1) is 24.9 Å². The molecule has 8 heteroatoms. The van der Waals surface area contributed by atoms with Crippen molar-refractivity contribution < 1.29 is 28.2 Å². The van der Waals surface area contributed by atoms with Crippen LogP contribution >= 0.6 is 11.6 Å². The van der Waals surface area contributed by atoms with Crippen LogP contribution in [0.2, 0.25) is 5.02 Å². The van der Waals surface area contributed by atoms with E-state index in [1.165, 1.54) is 26.4 Å². The molecule has 132 valence electrons. The Labute approximate surface area is 148 Å². The van der Waals surface area contributed by atoms with Gasteiger partial charge in [-0.2, -0.15) is 0 Å². The minimum absolute atomic E-state index is 0.0362. The van der Waals surface area contributed by atoms with Crippen LogP contribution < -0.4 is 14.8 Å². The van der Waals surface area contributed by atoms with Crippen LogP contribution in [0.15, 0.2) is 36.4 Å². The van der Waals surface area contributed by atoms with E-state index >= 15 is 0 Å². The van der Waals surface area contributed by atoms with E-state index in [0.29, 0.717) is 5.75 Å². The number of ether oxygens (including phenoxy) is 3. The zero-order valence-corrected chi connectivity index (χ0v) is 14.2. The van der Waals surface area contributed by atoms with Gasteiger partial charge in [0.2, 0.25) is 0 Å². The quantitative estimate of drug-likeness (QED) is 0.793. The first-order chi connectivity index (χ1) is 12.0. The monoisotopic (exact) mass is 367 g/mol. The highest BCUT2D eigenvalue weighted by Gasteiger charge is 2.19. The number of halogens is 2. The summed E-state index contributed by atoms with van der Waals surface area (Å²) in [5.74, 6) is -1.34. The van der Waals surface area contributed by atoms with Gasteiger partial charge >= 0.3 is 5.97 Å². The highest BCUT2D eigenvalue weighted by molar-refractivity contribution is 6.33. The fourth-order valence-electron chi connectivity index (χ4n) is 2.03. The molecule has 0 fully saturated rings. The maximum Gasteiger partial charge on any atom is 0.342 e. The van der Waals surface area contributed by atoms with Crippen molar-refractivity contribution in [1.29, 1.82) is 0 Å². The molecule has 0 unspecified atom stereocenters. The average Bonchev–Trinajstić information content (AvgIpc) is 2.61. The van der Waals surface area contributed by atoms with Gasteiger partial charge in [-0.05, 0) is 30.3 Å². The van der Waals surface area contributed by atoms with Crippen molar-refractivity contribution >= 4 is 29.2 Å². The Morgan fingerprint density at radius 3 is 2.56 bits per heavy atom. The summed E-state index contributed by atoms with van der Waals surface area (Å²) in [5.41, 5.74) is 0.331. The Balaban J connectivity index is 2.01. The lowest BCUT2D eigenvalue weighted by Gasteiger charge is -2.12. The fourth-order valence-corrected chi connectivity index (χ4v) is 2.25. The summed E-state index contributed by atoms with van der Waals surface area (Å²) in [5, 5.41) is 2.46. The molecule has 0 bridgehead atoms. The van der Waals surface area contributed by atoms with Crippen LogP contribution in [0.5, 0.6) is 11.5 Å². The topological polar surface area (TPSA) is 73.9 Å². The van der Waals surface area contributed by atoms with Gasteiger partial charge in [0.1, 0.15) is 11.4 Å². The molecule has 0 spiro atoms. The predicted molar refractivity (Wildman–Crippen MR) is 89.9 cm³/mol. The third-order valence-corrected chi connectivity index (χ3v) is 3.48. The van der Waals surface area contributed by atoms with Gasteiger partial charge in [0.15, 0.2) is 18.1 Å². The van der Waals surface area contributed by atoms with Crippen molar-refractivity contribution in [2.75, 3.05) is 26.1 Å². The van der Waals surface area contributed by atoms with Crippen LogP contribution in [0.25, 0.3) is 0 Å². The number of carbonyl (C=O) groups is 2. The molecule has 2 aromatic carbocycles. The van der Waals surface area contributed by atoms with Gasteiger partial charge in [0, 0.05) is 0 Å². The molecule has 2 aromatic rings. The first-order valence-electron chi connectivity index (χ1n) is 7.09. The normalized spacial score (nSPS) is 10.1. The first kappa shape index (κ1) is 18.5. The number of esters is 1. The molecule has 0 aliphatic carbocycles. The highest BCUT2D eigenvalue weighted by Crippen LogP contribution is 2.31. The van der Waals surface area contributed by atoms with E-state index in [9.17, 15) is 14.0 Å². The molecule has 0 saturated carbocycles. The molecular formula is C17H15ClFNO5. The predicted octanol–water partition coefficient (Wildman–Crippen LogP) is 3.29. The van der Waals surface area contributed by atoms with Crippen LogP contribution in [-0.4, -0.2) is 32.7 Å². The van der Waals surface area contributed by atoms with Crippen LogP contribution in [0.3, 0.4) is 0 Å². The molecule has 0 heterocycles. The Morgan fingerprint density at radius 2 is 1.92 bits per heavy atom. The number of nitrogens with one attached hydrogen (secondary N) is 1. The molecule has 25 heavy (non-hydrogen) atoms. The summed E-state index contributed by atoms with van der Waals surface area (Å²) in [6.45, 7) is -0.549. The summed E-state index contributed by atoms with van der Waals surface area (Å²) >= 11 is 5.81. The second-order valence-electron chi connectivity index (χ2n) is 4.79. The van der Waals surface area contributed by atoms with E-state index in [0.717, 1.165) is 12.1 Å². The largest absolute Gasteiger partial charge is 0.493 e. The maximum atomic E-state index is 13.0. The zero-order chi connectivity index (χ0) is 18.4. The summed E-state index contributed by atoms with van der Waals surface area (Å²) in [7, 11) is 2.82. The van der Waals surface area contributed by atoms with E-state index in [1.807, 2.05) is 0 Å². The van der Waals surface area contributed by atoms with Crippen molar-refractivity contribution in [2.24, 2.45) is 0 Å². The second-order valence-corrected chi connectivity index (χ2v) is 5.20. The molecule has 0 radical (unpaired) electrons. The number of para-hydroxylation sites is 1. The number of anilines is 1. The van der Waals surface area contributed by atoms with Crippen LogP contribution in [0.1, 0.15) is 10.4 Å². The van der Waals surface area contributed by atoms with Gasteiger partial charge in [0.25, 0.3) is 5.91 Å². The van der Waals surface area contributed by atoms with Crippen molar-refractivity contribution in [1.82, 2.24) is 0 Å². The molecule has 0 aliphatic heterocycles. The van der Waals surface area contributed by atoms with Crippen LogP contribution in [0, 0.1) is 5.82 Å². The summed E-state index contributed by atoms with van der Waals surface area (Å²) in [6, 6.07) is 8.22. The van der Waals surface area contributed by atoms with Gasteiger partial charge in [-0.3, -0.25) is 4.79 Å². The lowest BCUT2D eigenvalue weighted by atomic mass is 10.2. The molecule has 0 saturated heterocycles. The Hall–Kier alpha value is -2.80. The van der Waals surface area contributed by atoms with E-state index in [2.05, 4.69) is 5.32 Å². The van der Waals surface area contributed by atoms with E-state index in [1.54, 1.807) is 12.1 Å². The standard InChI is InChI=1S/C17H15ClFNO5/c1-23-14-5-3-4-11(16(14)24-2)17(22)25-9-15(21)20-13-7-6-10(19)8-12(13)18/h3-8H,9H2,1-2H3,(H,20,21). The van der Waals surface area contributed by atoms with E-state index < -0.39 is 24.3 Å². The summed E-state index contributed by atoms with van der Waals surface area (Å²) in [4.78, 5) is 24.0. The fraction of sp³-hybridized carbons (Fsp3) is 0.176. The molecule has 0 aromatic heterocycles. The second kappa shape index (κ2) is 8.34. The average molecular weight is 368 g/mol. The van der Waals surface area contributed by atoms with Crippen molar-refractivity contribution in [2.45, 2.75) is 0 Å². The van der Waals surface area contributed by atoms with Crippen molar-refractivity contribution in [3.05, 3.63) is 52.8 Å². The SMILES string of the molecule is COc1cccc(C(=O)OCC(=O)Nc2ccc(F)cc2Cl)c1OC. The maximum absolute atomic E-state index is 13.0. The lowest BCUT2D eigenvalue weighted by Crippen LogP contribution is -2.21.